The van der Waals surface area contributed by atoms with Crippen LogP contribution in [0.4, 0.5) is 0 Å². The Labute approximate surface area is 194 Å². The number of nitrogens with zero attached hydrogens (tertiary/aromatic N) is 1. The van der Waals surface area contributed by atoms with Crippen LogP contribution in [-0.4, -0.2) is 51.2 Å². The van der Waals surface area contributed by atoms with Gasteiger partial charge < -0.3 is 28.3 Å². The fourth-order valence-corrected chi connectivity index (χ4v) is 3.82. The van der Waals surface area contributed by atoms with E-state index in [1.54, 1.807) is 39.5 Å². The monoisotopic (exact) mass is 459 g/mol. The lowest BCUT2D eigenvalue weighted by atomic mass is 9.86. The Morgan fingerprint density at radius 3 is 2.55 bits per heavy atom. The summed E-state index contributed by atoms with van der Waals surface area (Å²) in [6.45, 7) is 9.59. The van der Waals surface area contributed by atoms with Crippen molar-refractivity contribution in [1.29, 1.82) is 0 Å². The molecule has 0 radical (unpaired) electrons. The molecule has 1 aromatic carbocycles. The fourth-order valence-electron chi connectivity index (χ4n) is 3.82. The van der Waals surface area contributed by atoms with E-state index in [2.05, 4.69) is 20.8 Å². The van der Waals surface area contributed by atoms with Gasteiger partial charge in [0.05, 0.1) is 32.1 Å². The summed E-state index contributed by atoms with van der Waals surface area (Å²) in [7, 11) is 3.21. The van der Waals surface area contributed by atoms with Gasteiger partial charge >= 0.3 is 5.97 Å². The molecule has 1 atom stereocenters. The van der Waals surface area contributed by atoms with Crippen molar-refractivity contribution in [3.63, 3.8) is 0 Å². The summed E-state index contributed by atoms with van der Waals surface area (Å²) < 4.78 is 29.8. The number of carbonyl (C=O) groups is 1. The number of ether oxygens (including phenoxy) is 5. The molecule has 1 aliphatic rings. The summed E-state index contributed by atoms with van der Waals surface area (Å²) >= 11 is 0. The van der Waals surface area contributed by atoms with E-state index in [-0.39, 0.29) is 23.6 Å². The number of benzene rings is 1. The average molecular weight is 460 g/mol. The molecule has 33 heavy (non-hydrogen) atoms. The zero-order valence-corrected chi connectivity index (χ0v) is 20.2. The third kappa shape index (κ3) is 5.33. The summed E-state index contributed by atoms with van der Waals surface area (Å²) in [5, 5.41) is 0. The lowest BCUT2D eigenvalue weighted by Crippen LogP contribution is -2.31. The third-order valence-electron chi connectivity index (χ3n) is 5.60. The molecule has 0 fully saturated rings. The number of hydrogen-bond acceptors (Lipinski definition) is 7. The number of rotatable bonds is 8. The van der Waals surface area contributed by atoms with Crippen molar-refractivity contribution in [3.8, 4) is 28.5 Å². The van der Waals surface area contributed by atoms with Crippen molar-refractivity contribution in [2.75, 3.05) is 40.6 Å². The quantitative estimate of drug-likeness (QED) is 0.434. The summed E-state index contributed by atoms with van der Waals surface area (Å²) in [6.07, 6.45) is 2.32. The van der Waals surface area contributed by atoms with Gasteiger partial charge in [-0.15, -0.1) is 0 Å². The maximum absolute atomic E-state index is 12.9. The van der Waals surface area contributed by atoms with Crippen molar-refractivity contribution < 1.29 is 28.5 Å². The molecule has 180 valence electrons. The number of esters is 1. The van der Waals surface area contributed by atoms with Crippen molar-refractivity contribution in [3.05, 3.63) is 40.2 Å². The largest absolute Gasteiger partial charge is 0.493 e. The van der Waals surface area contributed by atoms with Gasteiger partial charge in [0.25, 0.3) is 0 Å². The fraction of sp³-hybridized carbons (Fsp3) is 0.520. The SMILES string of the molecule is CCOC(=O)c1cn2c(cc1=O)-c1cc(OC)c(OCCCOC)cc1OC[C@H]2C(C)(C)C. The van der Waals surface area contributed by atoms with Crippen molar-refractivity contribution in [1.82, 2.24) is 4.57 Å². The first-order valence-electron chi connectivity index (χ1n) is 11.1. The molecule has 1 aliphatic heterocycles. The van der Waals surface area contributed by atoms with E-state index in [1.807, 2.05) is 4.57 Å². The molecule has 1 aromatic heterocycles. The number of methoxy groups -OCH3 is 2. The maximum Gasteiger partial charge on any atom is 0.343 e. The summed E-state index contributed by atoms with van der Waals surface area (Å²) in [5.41, 5.74) is 0.712. The molecule has 0 saturated carbocycles. The van der Waals surface area contributed by atoms with Crippen LogP contribution < -0.4 is 19.6 Å². The highest BCUT2D eigenvalue weighted by Gasteiger charge is 2.33. The average Bonchev–Trinajstić information content (AvgIpc) is 2.91. The second-order valence-electron chi connectivity index (χ2n) is 8.95. The molecule has 0 aliphatic carbocycles. The van der Waals surface area contributed by atoms with E-state index in [9.17, 15) is 9.59 Å². The van der Waals surface area contributed by atoms with Gasteiger partial charge in [0, 0.05) is 44.0 Å². The van der Waals surface area contributed by atoms with Crippen LogP contribution in [0.25, 0.3) is 11.3 Å². The van der Waals surface area contributed by atoms with E-state index in [1.165, 1.54) is 6.07 Å². The molecule has 0 bridgehead atoms. The molecule has 3 rings (SSSR count). The second-order valence-corrected chi connectivity index (χ2v) is 8.95. The molecule has 0 amide bonds. The highest BCUT2D eigenvalue weighted by atomic mass is 16.5. The van der Waals surface area contributed by atoms with Crippen LogP contribution in [0.15, 0.2) is 29.2 Å². The van der Waals surface area contributed by atoms with Crippen LogP contribution >= 0.6 is 0 Å². The Morgan fingerprint density at radius 2 is 1.91 bits per heavy atom. The van der Waals surface area contributed by atoms with E-state index in [0.29, 0.717) is 48.3 Å². The predicted molar refractivity (Wildman–Crippen MR) is 125 cm³/mol. The van der Waals surface area contributed by atoms with Crippen LogP contribution in [-0.2, 0) is 9.47 Å². The van der Waals surface area contributed by atoms with Crippen LogP contribution in [0.1, 0.15) is 50.5 Å². The Hall–Kier alpha value is -3.00. The van der Waals surface area contributed by atoms with Gasteiger partial charge in [-0.1, -0.05) is 20.8 Å². The van der Waals surface area contributed by atoms with Crippen molar-refractivity contribution >= 4 is 5.97 Å². The zero-order valence-electron chi connectivity index (χ0n) is 20.2. The molecule has 8 heteroatoms. The lowest BCUT2D eigenvalue weighted by molar-refractivity contribution is 0.0522. The Balaban J connectivity index is 2.15. The molecule has 0 unspecified atom stereocenters. The minimum Gasteiger partial charge on any atom is -0.493 e. The molecule has 0 saturated heterocycles. The summed E-state index contributed by atoms with van der Waals surface area (Å²) in [4.78, 5) is 25.3. The first-order chi connectivity index (χ1) is 15.7. The Kier molecular flexibility index (Phi) is 7.68. The van der Waals surface area contributed by atoms with E-state index in [0.717, 1.165) is 6.42 Å². The number of aromatic nitrogens is 1. The van der Waals surface area contributed by atoms with E-state index in [4.69, 9.17) is 23.7 Å². The smallest absolute Gasteiger partial charge is 0.343 e. The zero-order chi connectivity index (χ0) is 24.2. The molecule has 2 heterocycles. The molecule has 2 aromatic rings. The second kappa shape index (κ2) is 10.3. The summed E-state index contributed by atoms with van der Waals surface area (Å²) in [6, 6.07) is 4.92. The topological polar surface area (TPSA) is 85.2 Å². The van der Waals surface area contributed by atoms with Gasteiger partial charge in [-0.25, -0.2) is 4.79 Å². The first-order valence-corrected chi connectivity index (χ1v) is 11.1. The van der Waals surface area contributed by atoms with Gasteiger partial charge in [-0.3, -0.25) is 4.79 Å². The van der Waals surface area contributed by atoms with Crippen LogP contribution in [0, 0.1) is 5.41 Å². The first kappa shape index (κ1) is 24.6. The molecular formula is C25H33NO7. The van der Waals surface area contributed by atoms with E-state index >= 15 is 0 Å². The number of hydrogen-bond donors (Lipinski definition) is 0. The summed E-state index contributed by atoms with van der Waals surface area (Å²) in [5.74, 6) is 1.03. The highest BCUT2D eigenvalue weighted by molar-refractivity contribution is 5.89. The third-order valence-corrected chi connectivity index (χ3v) is 5.60. The number of carbonyl (C=O) groups excluding carboxylic acids is 1. The van der Waals surface area contributed by atoms with Gasteiger partial charge in [-0.2, -0.15) is 0 Å². The van der Waals surface area contributed by atoms with Gasteiger partial charge in [0.1, 0.15) is 17.9 Å². The minimum atomic E-state index is -0.631. The lowest BCUT2D eigenvalue weighted by Gasteiger charge is -2.32. The van der Waals surface area contributed by atoms with Crippen molar-refractivity contribution in [2.24, 2.45) is 5.41 Å². The van der Waals surface area contributed by atoms with Crippen LogP contribution in [0.2, 0.25) is 0 Å². The minimum absolute atomic E-state index is 0.00311. The normalized spacial score (nSPS) is 15.0. The van der Waals surface area contributed by atoms with Gasteiger partial charge in [0.2, 0.25) is 0 Å². The Morgan fingerprint density at radius 1 is 1.15 bits per heavy atom. The predicted octanol–water partition coefficient (Wildman–Crippen LogP) is 4.10. The Bertz CT molecular complexity index is 1050. The number of pyridine rings is 1. The highest BCUT2D eigenvalue weighted by Crippen LogP contribution is 2.45. The molecular weight excluding hydrogens is 426 g/mol. The number of fused-ring (bicyclic) bond motifs is 3. The van der Waals surface area contributed by atoms with Crippen molar-refractivity contribution in [2.45, 2.75) is 40.2 Å². The maximum atomic E-state index is 12.9. The molecule has 8 nitrogen and oxygen atoms in total. The van der Waals surface area contributed by atoms with Gasteiger partial charge in [-0.05, 0) is 18.4 Å². The standard InChI is InChI=1S/C25H33NO7/c1-7-31-24(28)17-14-26-18(12-19(17)27)16-11-21(30-6)22(32-10-8-9-29-5)13-20(16)33-15-23(26)25(2,3)4/h11-14,23H,7-10,15H2,1-6H3/t23-/m0/s1. The van der Waals surface area contributed by atoms with Crippen LogP contribution in [0.3, 0.4) is 0 Å². The molecule has 0 spiro atoms. The van der Waals surface area contributed by atoms with E-state index < -0.39 is 11.4 Å². The van der Waals surface area contributed by atoms with Gasteiger partial charge in [0.15, 0.2) is 16.9 Å². The van der Waals surface area contributed by atoms with Crippen LogP contribution in [0.5, 0.6) is 17.2 Å². The molecule has 0 N–H and O–H groups in total.